The number of nitrogens with one attached hydrogen (secondary N) is 1. The number of nitrogen functional groups attached to an aromatic ring is 1. The van der Waals surface area contributed by atoms with E-state index in [0.29, 0.717) is 36.7 Å². The number of carbonyl (C=O) groups is 1. The Morgan fingerprint density at radius 2 is 2.33 bits per heavy atom. The Balaban J connectivity index is 2.30. The van der Waals surface area contributed by atoms with Gasteiger partial charge in [-0.15, -0.1) is 0 Å². The molecule has 112 valence electrons. The second-order valence-corrected chi connectivity index (χ2v) is 5.33. The van der Waals surface area contributed by atoms with Crippen LogP contribution >= 0.6 is 0 Å². The van der Waals surface area contributed by atoms with Crippen molar-refractivity contribution in [3.63, 3.8) is 0 Å². The zero-order chi connectivity index (χ0) is 15.4. The van der Waals surface area contributed by atoms with Crippen molar-refractivity contribution in [2.75, 3.05) is 30.4 Å². The number of carbonyl (C=O) groups excluding carboxylic acids is 1. The van der Waals surface area contributed by atoms with E-state index in [4.69, 9.17) is 15.7 Å². The zero-order valence-corrected chi connectivity index (χ0v) is 12.3. The maximum absolute atomic E-state index is 12.3. The van der Waals surface area contributed by atoms with Crippen LogP contribution in [0.15, 0.2) is 18.2 Å². The number of nitrogens with two attached hydrogens (primary N) is 1. The summed E-state index contributed by atoms with van der Waals surface area (Å²) in [7, 11) is 0. The van der Waals surface area contributed by atoms with Gasteiger partial charge in [-0.2, -0.15) is 5.26 Å². The van der Waals surface area contributed by atoms with Gasteiger partial charge in [0, 0.05) is 12.6 Å². The first-order chi connectivity index (χ1) is 10.0. The summed E-state index contributed by atoms with van der Waals surface area (Å²) in [6.07, 6.45) is 0. The SMILES string of the molecule is CC(C)NC(=O)C1COCCN1c1cc(C#N)ccc1N. The first kappa shape index (κ1) is 15.1. The van der Waals surface area contributed by atoms with Gasteiger partial charge < -0.3 is 20.7 Å². The number of benzene rings is 1. The van der Waals surface area contributed by atoms with Crippen LogP contribution in [-0.2, 0) is 9.53 Å². The molecule has 6 heteroatoms. The van der Waals surface area contributed by atoms with Gasteiger partial charge in [-0.3, -0.25) is 4.79 Å². The summed E-state index contributed by atoms with van der Waals surface area (Å²) in [4.78, 5) is 14.2. The maximum atomic E-state index is 12.3. The van der Waals surface area contributed by atoms with Crippen molar-refractivity contribution in [3.05, 3.63) is 23.8 Å². The summed E-state index contributed by atoms with van der Waals surface area (Å²) in [6.45, 7) is 5.24. The van der Waals surface area contributed by atoms with E-state index in [-0.39, 0.29) is 11.9 Å². The third-order valence-electron chi connectivity index (χ3n) is 3.33. The van der Waals surface area contributed by atoms with Crippen molar-refractivity contribution in [1.29, 1.82) is 5.26 Å². The molecule has 1 aliphatic rings. The molecular formula is C15H20N4O2. The summed E-state index contributed by atoms with van der Waals surface area (Å²) in [6, 6.07) is 6.81. The monoisotopic (exact) mass is 288 g/mol. The molecule has 1 aromatic carbocycles. The molecule has 0 aromatic heterocycles. The molecule has 1 aromatic rings. The molecule has 1 unspecified atom stereocenters. The quantitative estimate of drug-likeness (QED) is 0.805. The molecule has 2 rings (SSSR count). The van der Waals surface area contributed by atoms with Gasteiger partial charge in [0.1, 0.15) is 6.04 Å². The Morgan fingerprint density at radius 1 is 1.57 bits per heavy atom. The van der Waals surface area contributed by atoms with Gasteiger partial charge in [0.05, 0.1) is 36.2 Å². The lowest BCUT2D eigenvalue weighted by molar-refractivity contribution is -0.125. The van der Waals surface area contributed by atoms with E-state index >= 15 is 0 Å². The summed E-state index contributed by atoms with van der Waals surface area (Å²) in [5, 5.41) is 11.9. The standard InChI is InChI=1S/C15H20N4O2/c1-10(2)18-15(20)14-9-21-6-5-19(14)13-7-11(8-16)3-4-12(13)17/h3-4,7,10,14H,5-6,9,17H2,1-2H3,(H,18,20). The Labute approximate surface area is 124 Å². The minimum Gasteiger partial charge on any atom is -0.397 e. The van der Waals surface area contributed by atoms with E-state index in [2.05, 4.69) is 11.4 Å². The van der Waals surface area contributed by atoms with Crippen molar-refractivity contribution in [3.8, 4) is 6.07 Å². The van der Waals surface area contributed by atoms with Crippen LogP contribution in [0.3, 0.4) is 0 Å². The van der Waals surface area contributed by atoms with E-state index in [0.717, 1.165) is 0 Å². The highest BCUT2D eigenvalue weighted by Gasteiger charge is 2.31. The highest BCUT2D eigenvalue weighted by molar-refractivity contribution is 5.87. The van der Waals surface area contributed by atoms with Crippen LogP contribution in [0.25, 0.3) is 0 Å². The number of amides is 1. The smallest absolute Gasteiger partial charge is 0.245 e. The molecule has 1 fully saturated rings. The van der Waals surface area contributed by atoms with Gasteiger partial charge in [-0.1, -0.05) is 0 Å². The summed E-state index contributed by atoms with van der Waals surface area (Å²) < 4.78 is 5.42. The van der Waals surface area contributed by atoms with E-state index in [9.17, 15) is 4.79 Å². The number of nitrogens with zero attached hydrogens (tertiary/aromatic N) is 2. The summed E-state index contributed by atoms with van der Waals surface area (Å²) >= 11 is 0. The van der Waals surface area contributed by atoms with E-state index in [1.165, 1.54) is 0 Å². The fraction of sp³-hybridized carbons (Fsp3) is 0.467. The average molecular weight is 288 g/mol. The number of rotatable bonds is 3. The number of ether oxygens (including phenoxy) is 1. The molecule has 0 radical (unpaired) electrons. The first-order valence-corrected chi connectivity index (χ1v) is 6.97. The molecule has 1 atom stereocenters. The van der Waals surface area contributed by atoms with Gasteiger partial charge in [0.25, 0.3) is 0 Å². The van der Waals surface area contributed by atoms with Gasteiger partial charge in [-0.25, -0.2) is 0 Å². The molecule has 0 bridgehead atoms. The van der Waals surface area contributed by atoms with Gasteiger partial charge in [-0.05, 0) is 32.0 Å². The summed E-state index contributed by atoms with van der Waals surface area (Å²) in [5.74, 6) is -0.0912. The fourth-order valence-electron chi connectivity index (χ4n) is 2.35. The highest BCUT2D eigenvalue weighted by Crippen LogP contribution is 2.27. The van der Waals surface area contributed by atoms with Crippen LogP contribution < -0.4 is 16.0 Å². The number of hydrogen-bond acceptors (Lipinski definition) is 5. The molecule has 1 heterocycles. The predicted octanol–water partition coefficient (Wildman–Crippen LogP) is 0.870. The lowest BCUT2D eigenvalue weighted by atomic mass is 10.1. The Morgan fingerprint density at radius 3 is 3.00 bits per heavy atom. The lowest BCUT2D eigenvalue weighted by Gasteiger charge is -2.37. The Hall–Kier alpha value is -2.26. The summed E-state index contributed by atoms with van der Waals surface area (Å²) in [5.41, 5.74) is 7.80. The second kappa shape index (κ2) is 6.46. The van der Waals surface area contributed by atoms with Crippen molar-refractivity contribution in [2.24, 2.45) is 0 Å². The Bertz CT molecular complexity index is 565. The Kier molecular flexibility index (Phi) is 4.66. The lowest BCUT2D eigenvalue weighted by Crippen LogP contribution is -2.55. The normalized spacial score (nSPS) is 18.4. The van der Waals surface area contributed by atoms with Crippen molar-refractivity contribution in [2.45, 2.75) is 25.9 Å². The van der Waals surface area contributed by atoms with Crippen molar-refractivity contribution < 1.29 is 9.53 Å². The van der Waals surface area contributed by atoms with Crippen LogP contribution in [0.1, 0.15) is 19.4 Å². The third-order valence-corrected chi connectivity index (χ3v) is 3.33. The fourth-order valence-corrected chi connectivity index (χ4v) is 2.35. The number of nitriles is 1. The van der Waals surface area contributed by atoms with Gasteiger partial charge in [0.15, 0.2) is 0 Å². The zero-order valence-electron chi connectivity index (χ0n) is 12.3. The highest BCUT2D eigenvalue weighted by atomic mass is 16.5. The van der Waals surface area contributed by atoms with Crippen LogP contribution in [-0.4, -0.2) is 37.7 Å². The molecule has 1 amide bonds. The molecule has 1 aliphatic heterocycles. The van der Waals surface area contributed by atoms with Crippen molar-refractivity contribution in [1.82, 2.24) is 5.32 Å². The van der Waals surface area contributed by atoms with E-state index in [1.54, 1.807) is 18.2 Å². The molecule has 3 N–H and O–H groups in total. The van der Waals surface area contributed by atoms with E-state index < -0.39 is 6.04 Å². The van der Waals surface area contributed by atoms with Crippen LogP contribution in [0, 0.1) is 11.3 Å². The molecule has 21 heavy (non-hydrogen) atoms. The predicted molar refractivity (Wildman–Crippen MR) is 80.8 cm³/mol. The van der Waals surface area contributed by atoms with Crippen LogP contribution in [0.4, 0.5) is 11.4 Å². The van der Waals surface area contributed by atoms with Gasteiger partial charge in [0.2, 0.25) is 5.91 Å². The second-order valence-electron chi connectivity index (χ2n) is 5.33. The number of morpholine rings is 1. The van der Waals surface area contributed by atoms with Crippen molar-refractivity contribution >= 4 is 17.3 Å². The third kappa shape index (κ3) is 3.44. The topological polar surface area (TPSA) is 91.4 Å². The largest absolute Gasteiger partial charge is 0.397 e. The van der Waals surface area contributed by atoms with Gasteiger partial charge >= 0.3 is 0 Å². The molecule has 0 saturated carbocycles. The minimum atomic E-state index is -0.433. The average Bonchev–Trinajstić information content (AvgIpc) is 2.47. The van der Waals surface area contributed by atoms with Crippen LogP contribution in [0.5, 0.6) is 0 Å². The maximum Gasteiger partial charge on any atom is 0.245 e. The molecule has 1 saturated heterocycles. The molecule has 6 nitrogen and oxygen atoms in total. The molecular weight excluding hydrogens is 268 g/mol. The number of hydrogen-bond donors (Lipinski definition) is 2. The van der Waals surface area contributed by atoms with E-state index in [1.807, 2.05) is 18.7 Å². The first-order valence-electron chi connectivity index (χ1n) is 6.97. The minimum absolute atomic E-state index is 0.0593. The molecule has 0 spiro atoms. The number of anilines is 2. The molecule has 0 aliphatic carbocycles. The van der Waals surface area contributed by atoms with Crippen LogP contribution in [0.2, 0.25) is 0 Å².